The van der Waals surface area contributed by atoms with E-state index in [4.69, 9.17) is 14.5 Å². The van der Waals surface area contributed by atoms with E-state index in [1.807, 2.05) is 32.3 Å². The molecule has 6 nitrogen and oxygen atoms in total. The molecule has 1 aromatic heterocycles. The molecular formula is C24H30ClN3O3S. The van der Waals surface area contributed by atoms with Crippen molar-refractivity contribution in [3.8, 4) is 11.5 Å². The molecule has 8 heteroatoms. The molecule has 1 amide bonds. The molecule has 0 saturated carbocycles. The van der Waals surface area contributed by atoms with Gasteiger partial charge in [-0.05, 0) is 75.2 Å². The second-order valence-corrected chi connectivity index (χ2v) is 9.07. The number of amides is 1. The van der Waals surface area contributed by atoms with E-state index in [1.165, 1.54) is 35.3 Å². The summed E-state index contributed by atoms with van der Waals surface area (Å²) in [6.07, 6.45) is 4.56. The van der Waals surface area contributed by atoms with Crippen molar-refractivity contribution in [3.05, 3.63) is 47.0 Å². The summed E-state index contributed by atoms with van der Waals surface area (Å²) < 4.78 is 11.9. The maximum Gasteiger partial charge on any atom is 0.260 e. The van der Waals surface area contributed by atoms with Gasteiger partial charge in [-0.15, -0.1) is 12.4 Å². The van der Waals surface area contributed by atoms with Gasteiger partial charge in [-0.3, -0.25) is 9.69 Å². The summed E-state index contributed by atoms with van der Waals surface area (Å²) in [6, 6.07) is 9.88. The Morgan fingerprint density at radius 1 is 1.00 bits per heavy atom. The molecule has 1 heterocycles. The van der Waals surface area contributed by atoms with E-state index >= 15 is 0 Å². The van der Waals surface area contributed by atoms with Gasteiger partial charge in [0.2, 0.25) is 0 Å². The zero-order chi connectivity index (χ0) is 22.0. The van der Waals surface area contributed by atoms with Crippen LogP contribution in [0.3, 0.4) is 0 Å². The smallest absolute Gasteiger partial charge is 0.260 e. The third-order valence-electron chi connectivity index (χ3n) is 5.74. The lowest BCUT2D eigenvalue weighted by atomic mass is 9.90. The lowest BCUT2D eigenvalue weighted by Gasteiger charge is -2.23. The summed E-state index contributed by atoms with van der Waals surface area (Å²) in [6.45, 7) is 1.29. The van der Waals surface area contributed by atoms with Crippen LogP contribution in [0, 0.1) is 0 Å². The van der Waals surface area contributed by atoms with Crippen molar-refractivity contribution in [2.24, 2.45) is 0 Å². The van der Waals surface area contributed by atoms with E-state index in [0.29, 0.717) is 17.4 Å². The standard InChI is InChI=1S/C24H29N3O3S.ClH/c1-26(2)13-14-27(23(28)18-10-9-16-7-5-6-8-17(16)15-18)24-25-21-19(29-3)11-12-20(30-4)22(21)31-24;/h9-12,15H,5-8,13-14H2,1-4H3;1H. The molecule has 1 aliphatic rings. The number of ether oxygens (including phenoxy) is 2. The number of hydrogen-bond acceptors (Lipinski definition) is 6. The van der Waals surface area contributed by atoms with Gasteiger partial charge in [-0.1, -0.05) is 17.4 Å². The van der Waals surface area contributed by atoms with E-state index in [0.717, 1.165) is 40.9 Å². The number of nitrogens with zero attached hydrogens (tertiary/aromatic N) is 3. The third kappa shape index (κ3) is 4.85. The SMILES string of the molecule is COc1ccc(OC)c2sc(N(CCN(C)C)C(=O)c3ccc4c(c3)CCCC4)nc12.Cl. The Morgan fingerprint density at radius 2 is 1.69 bits per heavy atom. The van der Waals surface area contributed by atoms with Crippen molar-refractivity contribution in [3.63, 3.8) is 0 Å². The van der Waals surface area contributed by atoms with E-state index in [-0.39, 0.29) is 18.3 Å². The molecule has 1 aliphatic carbocycles. The Balaban J connectivity index is 0.00000289. The number of benzene rings is 2. The lowest BCUT2D eigenvalue weighted by Crippen LogP contribution is -2.36. The molecule has 0 spiro atoms. The molecule has 0 saturated heterocycles. The van der Waals surface area contributed by atoms with Crippen LogP contribution in [0.15, 0.2) is 30.3 Å². The first kappa shape index (κ1) is 24.3. The van der Waals surface area contributed by atoms with Crippen LogP contribution in [0.5, 0.6) is 11.5 Å². The number of carbonyl (C=O) groups is 1. The van der Waals surface area contributed by atoms with Crippen LogP contribution in [0.1, 0.15) is 34.3 Å². The molecule has 0 unspecified atom stereocenters. The zero-order valence-electron chi connectivity index (χ0n) is 19.0. The molecule has 0 bridgehead atoms. The van der Waals surface area contributed by atoms with Crippen LogP contribution in [0.25, 0.3) is 10.2 Å². The van der Waals surface area contributed by atoms with Crippen molar-refractivity contribution in [1.29, 1.82) is 0 Å². The van der Waals surface area contributed by atoms with Crippen molar-refractivity contribution in [1.82, 2.24) is 9.88 Å². The average molecular weight is 476 g/mol. The first-order chi connectivity index (χ1) is 15.0. The van der Waals surface area contributed by atoms with E-state index < -0.39 is 0 Å². The number of carbonyl (C=O) groups excluding carboxylic acids is 1. The molecule has 172 valence electrons. The Bertz CT molecular complexity index is 1060. The van der Waals surface area contributed by atoms with Crippen LogP contribution in [-0.2, 0) is 12.8 Å². The maximum absolute atomic E-state index is 13.6. The minimum absolute atomic E-state index is 0. The van der Waals surface area contributed by atoms with Crippen molar-refractivity contribution in [2.75, 3.05) is 46.3 Å². The number of hydrogen-bond donors (Lipinski definition) is 0. The zero-order valence-corrected chi connectivity index (χ0v) is 20.6. The van der Waals surface area contributed by atoms with Crippen molar-refractivity contribution < 1.29 is 14.3 Å². The molecule has 0 aliphatic heterocycles. The van der Waals surface area contributed by atoms with Gasteiger partial charge < -0.3 is 14.4 Å². The highest BCUT2D eigenvalue weighted by Gasteiger charge is 2.24. The van der Waals surface area contributed by atoms with E-state index in [2.05, 4.69) is 17.0 Å². The summed E-state index contributed by atoms with van der Waals surface area (Å²) in [5, 5.41) is 0.655. The largest absolute Gasteiger partial charge is 0.495 e. The first-order valence-corrected chi connectivity index (χ1v) is 11.4. The summed E-state index contributed by atoms with van der Waals surface area (Å²) in [5.74, 6) is 1.38. The number of thiazole rings is 1. The first-order valence-electron chi connectivity index (χ1n) is 10.6. The molecular weight excluding hydrogens is 446 g/mol. The van der Waals surface area contributed by atoms with Gasteiger partial charge in [0.1, 0.15) is 21.7 Å². The number of anilines is 1. The molecule has 4 rings (SSSR count). The fourth-order valence-electron chi connectivity index (χ4n) is 4.00. The number of aromatic nitrogens is 1. The lowest BCUT2D eigenvalue weighted by molar-refractivity contribution is 0.0985. The van der Waals surface area contributed by atoms with Gasteiger partial charge in [-0.25, -0.2) is 4.98 Å². The van der Waals surface area contributed by atoms with Crippen LogP contribution in [0.2, 0.25) is 0 Å². The van der Waals surface area contributed by atoms with Gasteiger partial charge >= 0.3 is 0 Å². The minimum atomic E-state index is -0.0211. The highest BCUT2D eigenvalue weighted by atomic mass is 35.5. The predicted molar refractivity (Wildman–Crippen MR) is 133 cm³/mol. The monoisotopic (exact) mass is 475 g/mol. The van der Waals surface area contributed by atoms with Crippen molar-refractivity contribution in [2.45, 2.75) is 25.7 Å². The summed E-state index contributed by atoms with van der Waals surface area (Å²) in [7, 11) is 7.28. The number of methoxy groups -OCH3 is 2. The average Bonchev–Trinajstić information content (AvgIpc) is 3.23. The number of fused-ring (bicyclic) bond motifs is 2. The molecule has 0 fully saturated rings. The summed E-state index contributed by atoms with van der Waals surface area (Å²) in [5.41, 5.74) is 4.11. The molecule has 32 heavy (non-hydrogen) atoms. The Hall–Kier alpha value is -2.35. The Kier molecular flexibility index (Phi) is 7.98. The third-order valence-corrected chi connectivity index (χ3v) is 6.83. The summed E-state index contributed by atoms with van der Waals surface area (Å²) in [4.78, 5) is 22.3. The molecule has 0 radical (unpaired) electrons. The van der Waals surface area contributed by atoms with Gasteiger partial charge in [-0.2, -0.15) is 0 Å². The quantitative estimate of drug-likeness (QED) is 0.490. The van der Waals surface area contributed by atoms with Gasteiger partial charge in [0.15, 0.2) is 5.13 Å². The molecule has 3 aromatic rings. The maximum atomic E-state index is 13.6. The van der Waals surface area contributed by atoms with Gasteiger partial charge in [0.25, 0.3) is 5.91 Å². The second kappa shape index (κ2) is 10.5. The fourth-order valence-corrected chi connectivity index (χ4v) is 5.09. The van der Waals surface area contributed by atoms with Crippen LogP contribution >= 0.6 is 23.7 Å². The topological polar surface area (TPSA) is 54.9 Å². The van der Waals surface area contributed by atoms with Crippen LogP contribution < -0.4 is 14.4 Å². The molecule has 0 atom stereocenters. The number of likely N-dealkylation sites (N-methyl/N-ethyl adjacent to an activating group) is 1. The predicted octanol–water partition coefficient (Wildman–Crippen LogP) is 4.82. The second-order valence-electron chi connectivity index (χ2n) is 8.09. The minimum Gasteiger partial charge on any atom is -0.495 e. The molecule has 2 aromatic carbocycles. The Labute approximate surface area is 199 Å². The van der Waals surface area contributed by atoms with E-state index in [9.17, 15) is 4.79 Å². The highest BCUT2D eigenvalue weighted by Crippen LogP contribution is 2.40. The van der Waals surface area contributed by atoms with Crippen molar-refractivity contribution >= 4 is 45.0 Å². The van der Waals surface area contributed by atoms with Gasteiger partial charge in [0, 0.05) is 18.7 Å². The fraction of sp³-hybridized carbons (Fsp3) is 0.417. The number of aryl methyl sites for hydroxylation is 2. The van der Waals surface area contributed by atoms with E-state index in [1.54, 1.807) is 19.1 Å². The van der Waals surface area contributed by atoms with Gasteiger partial charge in [0.05, 0.1) is 14.2 Å². The molecule has 0 N–H and O–H groups in total. The van der Waals surface area contributed by atoms with Crippen LogP contribution in [-0.4, -0.2) is 57.2 Å². The number of rotatable bonds is 7. The van der Waals surface area contributed by atoms with Crippen LogP contribution in [0.4, 0.5) is 5.13 Å². The number of halogens is 1. The Morgan fingerprint density at radius 3 is 2.38 bits per heavy atom. The highest BCUT2D eigenvalue weighted by molar-refractivity contribution is 7.22. The summed E-state index contributed by atoms with van der Waals surface area (Å²) >= 11 is 1.46. The normalized spacial score (nSPS) is 12.9.